The maximum atomic E-state index is 12.8. The van der Waals surface area contributed by atoms with Crippen LogP contribution in [-0.4, -0.2) is 27.8 Å². The van der Waals surface area contributed by atoms with Gasteiger partial charge >= 0.3 is 0 Å². The summed E-state index contributed by atoms with van der Waals surface area (Å²) in [6, 6.07) is 13.7. The molecule has 0 radical (unpaired) electrons. The van der Waals surface area contributed by atoms with Crippen LogP contribution < -0.4 is 5.32 Å². The van der Waals surface area contributed by atoms with Crippen LogP contribution in [0.2, 0.25) is 0 Å². The molecule has 1 saturated carbocycles. The number of rotatable bonds is 6. The molecule has 0 aliphatic heterocycles. The van der Waals surface area contributed by atoms with Crippen molar-refractivity contribution in [2.24, 2.45) is 0 Å². The zero-order valence-corrected chi connectivity index (χ0v) is 18.5. The van der Waals surface area contributed by atoms with E-state index >= 15 is 0 Å². The van der Waals surface area contributed by atoms with Gasteiger partial charge in [-0.3, -0.25) is 9.78 Å². The number of nitrogens with one attached hydrogen (secondary N) is 1. The van der Waals surface area contributed by atoms with Crippen molar-refractivity contribution in [3.05, 3.63) is 84.0 Å². The van der Waals surface area contributed by atoms with Crippen molar-refractivity contribution in [1.29, 1.82) is 5.26 Å². The van der Waals surface area contributed by atoms with Gasteiger partial charge in [-0.1, -0.05) is 24.3 Å². The minimum absolute atomic E-state index is 0.271. The summed E-state index contributed by atoms with van der Waals surface area (Å²) >= 11 is 0. The third-order valence-corrected chi connectivity index (χ3v) is 5.76. The molecule has 0 unspecified atom stereocenters. The van der Waals surface area contributed by atoms with Gasteiger partial charge in [0.25, 0.3) is 5.91 Å². The fourth-order valence-corrected chi connectivity index (χ4v) is 3.82. The van der Waals surface area contributed by atoms with E-state index in [9.17, 15) is 10.1 Å². The van der Waals surface area contributed by atoms with Gasteiger partial charge in [0.2, 0.25) is 0 Å². The number of carbonyl (C=O) groups excluding carboxylic acids is 1. The van der Waals surface area contributed by atoms with E-state index < -0.39 is 5.41 Å². The van der Waals surface area contributed by atoms with Gasteiger partial charge in [-0.15, -0.1) is 0 Å². The number of nitrogens with zero attached hydrogens (tertiary/aromatic N) is 4. The zero-order chi connectivity index (χ0) is 22.7. The average molecular weight is 424 g/mol. The summed E-state index contributed by atoms with van der Waals surface area (Å²) in [5, 5.41) is 14.3. The number of carbonyl (C=O) groups is 1. The van der Waals surface area contributed by atoms with Gasteiger partial charge in [-0.25, -0.2) is 4.98 Å². The highest BCUT2D eigenvalue weighted by molar-refractivity contribution is 6.04. The van der Waals surface area contributed by atoms with Crippen LogP contribution in [0.3, 0.4) is 0 Å². The first-order valence-corrected chi connectivity index (χ1v) is 10.6. The molecule has 1 N–H and O–H groups in total. The summed E-state index contributed by atoms with van der Waals surface area (Å²) in [7, 11) is 2.01. The van der Waals surface area contributed by atoms with Crippen LogP contribution in [0.1, 0.15) is 48.3 Å². The van der Waals surface area contributed by atoms with Crippen LogP contribution in [0.15, 0.2) is 67.1 Å². The van der Waals surface area contributed by atoms with Crippen molar-refractivity contribution < 1.29 is 4.79 Å². The molecule has 0 bridgehead atoms. The molecule has 1 aliphatic rings. The van der Waals surface area contributed by atoms with Crippen LogP contribution in [0.25, 0.3) is 16.5 Å². The molecule has 32 heavy (non-hydrogen) atoms. The number of aromatic nitrogens is 2. The van der Waals surface area contributed by atoms with Crippen LogP contribution in [0.5, 0.6) is 0 Å². The van der Waals surface area contributed by atoms with Gasteiger partial charge < -0.3 is 10.2 Å². The first-order valence-electron chi connectivity index (χ1n) is 10.6. The van der Waals surface area contributed by atoms with E-state index in [2.05, 4.69) is 44.5 Å². The van der Waals surface area contributed by atoms with Gasteiger partial charge in [-0.05, 0) is 68.1 Å². The SMILES string of the molecule is C/C=C(/c1ccc2cnc(NC(=O)c3ccnc(C4(C#N)CC4)c3)cc2c1)N(C)/C=C/C. The number of nitriles is 1. The molecule has 6 nitrogen and oxygen atoms in total. The van der Waals surface area contributed by atoms with E-state index in [0.29, 0.717) is 17.1 Å². The molecule has 2 aromatic heterocycles. The number of pyridine rings is 2. The van der Waals surface area contributed by atoms with Crippen molar-refractivity contribution in [2.75, 3.05) is 12.4 Å². The summed E-state index contributed by atoms with van der Waals surface area (Å²) in [4.78, 5) is 23.6. The Hall–Kier alpha value is -3.98. The Balaban J connectivity index is 1.59. The number of amides is 1. The number of benzene rings is 1. The highest BCUT2D eigenvalue weighted by Gasteiger charge is 2.46. The number of hydrogen-bond donors (Lipinski definition) is 1. The second-order valence-corrected chi connectivity index (χ2v) is 7.98. The normalized spacial score (nSPS) is 14.9. The predicted octanol–water partition coefficient (Wildman–Crippen LogP) is 5.26. The van der Waals surface area contributed by atoms with Gasteiger partial charge in [0.1, 0.15) is 5.82 Å². The van der Waals surface area contributed by atoms with Crippen molar-refractivity contribution in [1.82, 2.24) is 14.9 Å². The Labute approximate surface area is 187 Å². The fourth-order valence-electron chi connectivity index (χ4n) is 3.82. The van der Waals surface area contributed by atoms with E-state index in [0.717, 1.165) is 34.9 Å². The molecule has 160 valence electrons. The lowest BCUT2D eigenvalue weighted by Crippen LogP contribution is -2.15. The first-order chi connectivity index (χ1) is 15.5. The van der Waals surface area contributed by atoms with E-state index in [1.54, 1.807) is 24.5 Å². The molecule has 0 spiro atoms. The van der Waals surface area contributed by atoms with Crippen LogP contribution >= 0.6 is 0 Å². The lowest BCUT2D eigenvalue weighted by Gasteiger charge is -2.19. The topological polar surface area (TPSA) is 81.9 Å². The van der Waals surface area contributed by atoms with Gasteiger partial charge in [0, 0.05) is 36.1 Å². The molecule has 1 fully saturated rings. The minimum atomic E-state index is -0.529. The Morgan fingerprint density at radius 3 is 2.62 bits per heavy atom. The number of allylic oxidation sites excluding steroid dienone is 2. The number of hydrogen-bond acceptors (Lipinski definition) is 5. The lowest BCUT2D eigenvalue weighted by molar-refractivity contribution is 0.102. The number of fused-ring (bicyclic) bond motifs is 1. The van der Waals surface area contributed by atoms with Gasteiger partial charge in [0.05, 0.1) is 17.2 Å². The van der Waals surface area contributed by atoms with E-state index in [1.165, 1.54) is 0 Å². The lowest BCUT2D eigenvalue weighted by atomic mass is 10.0. The molecule has 2 heterocycles. The predicted molar refractivity (Wildman–Crippen MR) is 127 cm³/mol. The van der Waals surface area contributed by atoms with Crippen LogP contribution in [0.4, 0.5) is 5.82 Å². The Bertz CT molecular complexity index is 1280. The van der Waals surface area contributed by atoms with Gasteiger partial charge in [-0.2, -0.15) is 5.26 Å². The molecular formula is C26H25N5O. The summed E-state index contributed by atoms with van der Waals surface area (Å²) < 4.78 is 0. The van der Waals surface area contributed by atoms with E-state index in [-0.39, 0.29) is 5.91 Å². The highest BCUT2D eigenvalue weighted by Crippen LogP contribution is 2.46. The van der Waals surface area contributed by atoms with Crippen molar-refractivity contribution in [3.63, 3.8) is 0 Å². The highest BCUT2D eigenvalue weighted by atomic mass is 16.1. The maximum Gasteiger partial charge on any atom is 0.256 e. The molecule has 1 amide bonds. The minimum Gasteiger partial charge on any atom is -0.351 e. The largest absolute Gasteiger partial charge is 0.351 e. The summed E-state index contributed by atoms with van der Waals surface area (Å²) in [6.45, 7) is 4.00. The van der Waals surface area contributed by atoms with Crippen molar-refractivity contribution in [2.45, 2.75) is 32.1 Å². The fraction of sp³-hybridized carbons (Fsp3) is 0.231. The molecule has 0 atom stereocenters. The molecule has 6 heteroatoms. The second-order valence-electron chi connectivity index (χ2n) is 7.98. The standard InChI is InChI=1S/C26H25N5O/c1-4-12-31(3)22(5-2)18-6-7-20-16-29-24(15-21(20)13-18)30-25(32)19-8-11-28-23(14-19)26(17-27)9-10-26/h4-8,11-16H,9-10H2,1-3H3,(H,29,30,32)/b12-4+,22-5-. The van der Waals surface area contributed by atoms with Gasteiger partial charge in [0.15, 0.2) is 0 Å². The van der Waals surface area contributed by atoms with Crippen molar-refractivity contribution in [3.8, 4) is 6.07 Å². The monoisotopic (exact) mass is 423 g/mol. The molecular weight excluding hydrogens is 398 g/mol. The molecule has 1 aliphatic carbocycles. The smallest absolute Gasteiger partial charge is 0.256 e. The summed E-state index contributed by atoms with van der Waals surface area (Å²) in [5.74, 6) is 0.204. The van der Waals surface area contributed by atoms with Crippen LogP contribution in [0, 0.1) is 11.3 Å². The average Bonchev–Trinajstić information content (AvgIpc) is 3.61. The Morgan fingerprint density at radius 2 is 1.94 bits per heavy atom. The molecule has 4 rings (SSSR count). The van der Waals surface area contributed by atoms with E-state index in [1.807, 2.05) is 45.3 Å². The maximum absolute atomic E-state index is 12.8. The summed E-state index contributed by atoms with van der Waals surface area (Å²) in [5.41, 5.74) is 2.76. The molecule has 3 aromatic rings. The molecule has 0 saturated heterocycles. The Kier molecular flexibility index (Phi) is 5.74. The summed E-state index contributed by atoms with van der Waals surface area (Å²) in [6.07, 6.45) is 11.0. The molecule has 1 aromatic carbocycles. The van der Waals surface area contributed by atoms with Crippen molar-refractivity contribution >= 4 is 28.2 Å². The first kappa shape index (κ1) is 21.3. The third-order valence-electron chi connectivity index (χ3n) is 5.76. The number of anilines is 1. The zero-order valence-electron chi connectivity index (χ0n) is 18.5. The Morgan fingerprint density at radius 1 is 1.12 bits per heavy atom. The van der Waals surface area contributed by atoms with E-state index in [4.69, 9.17) is 0 Å². The third kappa shape index (κ3) is 4.10. The second kappa shape index (κ2) is 8.64. The van der Waals surface area contributed by atoms with Crippen LogP contribution in [-0.2, 0) is 5.41 Å². The quantitative estimate of drug-likeness (QED) is 0.584.